The highest BCUT2D eigenvalue weighted by Gasteiger charge is 2.32. The lowest BCUT2D eigenvalue weighted by atomic mass is 10.1. The quantitative estimate of drug-likeness (QED) is 0.564. The molecular weight excluding hydrogens is 432 g/mol. The number of carbonyl (C=O) groups is 2. The Bertz CT molecular complexity index is 1140. The molecule has 0 saturated carbocycles. The van der Waals surface area contributed by atoms with Crippen LogP contribution in [0.3, 0.4) is 0 Å². The summed E-state index contributed by atoms with van der Waals surface area (Å²) >= 11 is 1.47. The highest BCUT2D eigenvalue weighted by Crippen LogP contribution is 2.30. The van der Waals surface area contributed by atoms with E-state index in [0.717, 1.165) is 22.2 Å². The average Bonchev–Trinajstić information content (AvgIpc) is 3.32. The van der Waals surface area contributed by atoms with Crippen molar-refractivity contribution in [1.29, 1.82) is 0 Å². The van der Waals surface area contributed by atoms with Crippen LogP contribution in [0.25, 0.3) is 11.4 Å². The van der Waals surface area contributed by atoms with Crippen LogP contribution in [0.15, 0.2) is 65.3 Å². The van der Waals surface area contributed by atoms with Crippen molar-refractivity contribution in [3.63, 3.8) is 0 Å². The van der Waals surface area contributed by atoms with Gasteiger partial charge in [-0.2, -0.15) is 0 Å². The number of hydrogen-bond acceptors (Lipinski definition) is 10. The SMILES string of the molecule is COC(=O)C1=C(C(=O)OC)N(c2ccc(Nc3nc(-c4ccccn4)cs3)cc2)COC1. The van der Waals surface area contributed by atoms with E-state index in [-0.39, 0.29) is 24.6 Å². The highest BCUT2D eigenvalue weighted by atomic mass is 32.1. The number of benzene rings is 1. The smallest absolute Gasteiger partial charge is 0.355 e. The molecule has 1 aliphatic heterocycles. The number of rotatable bonds is 6. The Hall–Kier alpha value is -3.76. The molecule has 0 radical (unpaired) electrons. The maximum Gasteiger partial charge on any atom is 0.355 e. The third-order valence-corrected chi connectivity index (χ3v) is 5.45. The molecule has 1 aromatic carbocycles. The molecule has 0 amide bonds. The fraction of sp³-hybridized carbons (Fsp3) is 0.182. The first-order valence-corrected chi connectivity index (χ1v) is 10.5. The second-order valence-corrected chi connectivity index (χ2v) is 7.50. The van der Waals surface area contributed by atoms with Gasteiger partial charge in [0.1, 0.15) is 18.1 Å². The number of thiazole rings is 1. The molecule has 1 N–H and O–H groups in total. The topological polar surface area (TPSA) is 103 Å². The van der Waals surface area contributed by atoms with Crippen molar-refractivity contribution in [2.75, 3.05) is 37.8 Å². The van der Waals surface area contributed by atoms with Crippen LogP contribution in [-0.4, -0.2) is 49.5 Å². The van der Waals surface area contributed by atoms with E-state index in [9.17, 15) is 9.59 Å². The Morgan fingerprint density at radius 1 is 1.06 bits per heavy atom. The van der Waals surface area contributed by atoms with Gasteiger partial charge in [0.05, 0.1) is 32.1 Å². The summed E-state index contributed by atoms with van der Waals surface area (Å²) in [5.74, 6) is -1.28. The summed E-state index contributed by atoms with van der Waals surface area (Å²) in [6, 6.07) is 13.0. The summed E-state index contributed by atoms with van der Waals surface area (Å²) in [4.78, 5) is 35.0. The van der Waals surface area contributed by atoms with Crippen LogP contribution < -0.4 is 10.2 Å². The number of ether oxygens (including phenoxy) is 3. The van der Waals surface area contributed by atoms with E-state index in [1.54, 1.807) is 11.1 Å². The second-order valence-electron chi connectivity index (χ2n) is 6.64. The Labute approximate surface area is 188 Å². The van der Waals surface area contributed by atoms with E-state index in [1.807, 2.05) is 47.8 Å². The normalized spacial score (nSPS) is 13.6. The summed E-state index contributed by atoms with van der Waals surface area (Å²) in [5, 5.41) is 5.92. The minimum Gasteiger partial charge on any atom is -0.466 e. The lowest BCUT2D eigenvalue weighted by Gasteiger charge is -2.31. The predicted molar refractivity (Wildman–Crippen MR) is 119 cm³/mol. The first kappa shape index (κ1) is 21.5. The van der Waals surface area contributed by atoms with Crippen molar-refractivity contribution in [3.05, 3.63) is 65.3 Å². The number of aromatic nitrogens is 2. The summed E-state index contributed by atoms with van der Waals surface area (Å²) in [7, 11) is 2.51. The van der Waals surface area contributed by atoms with E-state index in [1.165, 1.54) is 25.6 Å². The summed E-state index contributed by atoms with van der Waals surface area (Å²) in [5.41, 5.74) is 3.28. The van der Waals surface area contributed by atoms with E-state index in [0.29, 0.717) is 5.69 Å². The van der Waals surface area contributed by atoms with Gasteiger partial charge in [-0.1, -0.05) is 6.07 Å². The molecule has 164 valence electrons. The van der Waals surface area contributed by atoms with Gasteiger partial charge in [0.15, 0.2) is 5.13 Å². The van der Waals surface area contributed by atoms with Crippen LogP contribution in [0.1, 0.15) is 0 Å². The van der Waals surface area contributed by atoms with Crippen LogP contribution in [-0.2, 0) is 23.8 Å². The zero-order valence-electron chi connectivity index (χ0n) is 17.4. The van der Waals surface area contributed by atoms with E-state index in [2.05, 4.69) is 15.3 Å². The van der Waals surface area contributed by atoms with Gasteiger partial charge in [0.25, 0.3) is 0 Å². The average molecular weight is 452 g/mol. The zero-order valence-corrected chi connectivity index (χ0v) is 18.2. The number of esters is 2. The lowest BCUT2D eigenvalue weighted by Crippen LogP contribution is -2.38. The minimum atomic E-state index is -0.638. The fourth-order valence-corrected chi connectivity index (χ4v) is 3.88. The lowest BCUT2D eigenvalue weighted by molar-refractivity contribution is -0.140. The van der Waals surface area contributed by atoms with Crippen LogP contribution in [0.5, 0.6) is 0 Å². The largest absolute Gasteiger partial charge is 0.466 e. The molecule has 10 heteroatoms. The van der Waals surface area contributed by atoms with Crippen molar-refractivity contribution in [2.24, 2.45) is 0 Å². The van der Waals surface area contributed by atoms with Gasteiger partial charge in [0.2, 0.25) is 0 Å². The molecule has 2 aromatic heterocycles. The first-order chi connectivity index (χ1) is 15.6. The molecular formula is C22H20N4O5S. The van der Waals surface area contributed by atoms with Crippen LogP contribution in [0, 0.1) is 0 Å². The number of nitrogens with one attached hydrogen (secondary N) is 1. The summed E-state index contributed by atoms with van der Waals surface area (Å²) in [6.07, 6.45) is 1.73. The maximum absolute atomic E-state index is 12.4. The van der Waals surface area contributed by atoms with Crippen LogP contribution in [0.2, 0.25) is 0 Å². The molecule has 9 nitrogen and oxygen atoms in total. The summed E-state index contributed by atoms with van der Waals surface area (Å²) < 4.78 is 15.2. The number of nitrogens with zero attached hydrogens (tertiary/aromatic N) is 3. The summed E-state index contributed by atoms with van der Waals surface area (Å²) in [6.45, 7) is 0.0630. The van der Waals surface area contributed by atoms with Crippen LogP contribution in [0.4, 0.5) is 16.5 Å². The van der Waals surface area contributed by atoms with Crippen molar-refractivity contribution < 1.29 is 23.8 Å². The van der Waals surface area contributed by atoms with Crippen molar-refractivity contribution in [1.82, 2.24) is 9.97 Å². The van der Waals surface area contributed by atoms with Crippen LogP contribution >= 0.6 is 11.3 Å². The Kier molecular flexibility index (Phi) is 6.43. The molecule has 0 aliphatic carbocycles. The van der Waals surface area contributed by atoms with Crippen molar-refractivity contribution >= 4 is 39.8 Å². The molecule has 32 heavy (non-hydrogen) atoms. The Morgan fingerprint density at radius 2 is 1.84 bits per heavy atom. The van der Waals surface area contributed by atoms with Gasteiger partial charge in [0, 0.05) is 23.0 Å². The number of carbonyl (C=O) groups excluding carboxylic acids is 2. The van der Waals surface area contributed by atoms with Gasteiger partial charge >= 0.3 is 11.9 Å². The van der Waals surface area contributed by atoms with Gasteiger partial charge in [-0.3, -0.25) is 4.98 Å². The van der Waals surface area contributed by atoms with Crippen molar-refractivity contribution in [2.45, 2.75) is 0 Å². The molecule has 0 fully saturated rings. The van der Waals surface area contributed by atoms with Gasteiger partial charge < -0.3 is 24.4 Å². The highest BCUT2D eigenvalue weighted by molar-refractivity contribution is 7.14. The van der Waals surface area contributed by atoms with Gasteiger partial charge in [-0.15, -0.1) is 11.3 Å². The third-order valence-electron chi connectivity index (χ3n) is 4.69. The molecule has 1 aliphatic rings. The fourth-order valence-electron chi connectivity index (χ4n) is 3.16. The molecule has 0 bridgehead atoms. The molecule has 0 spiro atoms. The number of methoxy groups -OCH3 is 2. The van der Waals surface area contributed by atoms with Gasteiger partial charge in [-0.25, -0.2) is 14.6 Å². The number of hydrogen-bond donors (Lipinski definition) is 1. The number of pyridine rings is 1. The molecule has 0 saturated heterocycles. The Balaban J connectivity index is 1.55. The van der Waals surface area contributed by atoms with Crippen molar-refractivity contribution in [3.8, 4) is 11.4 Å². The zero-order chi connectivity index (χ0) is 22.5. The first-order valence-electron chi connectivity index (χ1n) is 9.59. The standard InChI is InChI=1S/C22H20N4O5S/c1-29-20(27)16-11-31-13-26(19(16)21(28)30-2)15-8-6-14(7-9-15)24-22-25-18(12-32-22)17-5-3-4-10-23-17/h3-10,12H,11,13H2,1-2H3,(H,24,25). The third kappa shape index (κ3) is 4.46. The molecule has 3 heterocycles. The van der Waals surface area contributed by atoms with Gasteiger partial charge in [-0.05, 0) is 36.4 Å². The van der Waals surface area contributed by atoms with E-state index < -0.39 is 11.9 Å². The molecule has 3 aromatic rings. The minimum absolute atomic E-state index is 0.0318. The number of anilines is 3. The predicted octanol–water partition coefficient (Wildman–Crippen LogP) is 3.34. The Morgan fingerprint density at radius 3 is 2.53 bits per heavy atom. The van der Waals surface area contributed by atoms with E-state index >= 15 is 0 Å². The second kappa shape index (κ2) is 9.58. The monoisotopic (exact) mass is 452 g/mol. The maximum atomic E-state index is 12.4. The molecule has 0 unspecified atom stereocenters. The molecule has 0 atom stereocenters. The molecule has 4 rings (SSSR count). The van der Waals surface area contributed by atoms with E-state index in [4.69, 9.17) is 14.2 Å².